The van der Waals surface area contributed by atoms with Gasteiger partial charge in [-0.05, 0) is 6.07 Å². The Kier molecular flexibility index (Phi) is 2.12. The van der Waals surface area contributed by atoms with Crippen LogP contribution in [0.5, 0.6) is 0 Å². The van der Waals surface area contributed by atoms with E-state index in [1.165, 1.54) is 0 Å². The molecular weight excluding hydrogens is 131 g/mol. The zero-order chi connectivity index (χ0) is 6.69. The van der Waals surface area contributed by atoms with Gasteiger partial charge in [-0.15, -0.1) is 9.24 Å². The summed E-state index contributed by atoms with van der Waals surface area (Å²) in [5.41, 5.74) is 0.353. The van der Waals surface area contributed by atoms with Crippen molar-refractivity contribution in [2.24, 2.45) is 0 Å². The molecule has 0 aliphatic carbocycles. The summed E-state index contributed by atoms with van der Waals surface area (Å²) in [4.78, 5) is 8.09. The monoisotopic (exact) mass is 140 g/mol. The summed E-state index contributed by atoms with van der Waals surface area (Å²) < 4.78 is 0. The van der Waals surface area contributed by atoms with Crippen molar-refractivity contribution in [3.05, 3.63) is 24.3 Å². The quantitative estimate of drug-likeness (QED) is 0.551. The van der Waals surface area contributed by atoms with Gasteiger partial charge in [-0.2, -0.15) is 0 Å². The average molecular weight is 140 g/mol. The third-order valence-electron chi connectivity index (χ3n) is 0.993. The molecule has 0 saturated heterocycles. The van der Waals surface area contributed by atoms with Gasteiger partial charge in [-0.1, -0.05) is 6.92 Å². The predicted molar refractivity (Wildman–Crippen MR) is 40.2 cm³/mol. The third kappa shape index (κ3) is 1.72. The lowest BCUT2D eigenvalue weighted by atomic mass is 10.4. The maximum Gasteiger partial charge on any atom is 0.134 e. The summed E-state index contributed by atoms with van der Waals surface area (Å²) >= 11 is 0. The molecule has 2 nitrogen and oxygen atoms in total. The van der Waals surface area contributed by atoms with Crippen molar-refractivity contribution >= 4 is 9.24 Å². The lowest BCUT2D eigenvalue weighted by molar-refractivity contribution is 0.920. The van der Waals surface area contributed by atoms with Gasteiger partial charge < -0.3 is 0 Å². The van der Waals surface area contributed by atoms with Crippen molar-refractivity contribution in [3.63, 3.8) is 0 Å². The average Bonchev–Trinajstić information content (AvgIpc) is 1.90. The lowest BCUT2D eigenvalue weighted by Gasteiger charge is -1.98. The summed E-state index contributed by atoms with van der Waals surface area (Å²) in [6.45, 7) is 2.04. The van der Waals surface area contributed by atoms with Gasteiger partial charge in [-0.25, -0.2) is 9.97 Å². The molecule has 3 heteroatoms. The van der Waals surface area contributed by atoms with Gasteiger partial charge in [0.1, 0.15) is 5.82 Å². The van der Waals surface area contributed by atoms with Crippen LogP contribution in [0, 0.1) is 0 Å². The first-order chi connectivity index (χ1) is 4.30. The van der Waals surface area contributed by atoms with Crippen molar-refractivity contribution in [2.45, 2.75) is 12.6 Å². The van der Waals surface area contributed by atoms with Gasteiger partial charge in [0.05, 0.1) is 0 Å². The molecule has 1 aromatic heterocycles. The minimum atomic E-state index is 0.353. The van der Waals surface area contributed by atoms with Crippen molar-refractivity contribution in [1.29, 1.82) is 0 Å². The highest BCUT2D eigenvalue weighted by Gasteiger charge is 1.97. The fourth-order valence-electron chi connectivity index (χ4n) is 0.546. The van der Waals surface area contributed by atoms with Crippen molar-refractivity contribution < 1.29 is 0 Å². The minimum absolute atomic E-state index is 0.353. The fourth-order valence-corrected chi connectivity index (χ4v) is 0.718. The van der Waals surface area contributed by atoms with Crippen LogP contribution in [0.1, 0.15) is 18.4 Å². The lowest BCUT2D eigenvalue weighted by Crippen LogP contribution is -1.91. The predicted octanol–water partition coefficient (Wildman–Crippen LogP) is 1.41. The molecular formula is C6H9N2P. The molecule has 0 spiro atoms. The summed E-state index contributed by atoms with van der Waals surface area (Å²) in [6.07, 6.45) is 3.51. The van der Waals surface area contributed by atoms with Crippen LogP contribution in [0.4, 0.5) is 0 Å². The molecule has 2 atom stereocenters. The highest BCUT2D eigenvalue weighted by Crippen LogP contribution is 2.15. The van der Waals surface area contributed by atoms with Gasteiger partial charge in [0.15, 0.2) is 0 Å². The smallest absolute Gasteiger partial charge is 0.134 e. The Hall–Kier alpha value is -0.490. The largest absolute Gasteiger partial charge is 0.241 e. The highest BCUT2D eigenvalue weighted by molar-refractivity contribution is 7.17. The summed E-state index contributed by atoms with van der Waals surface area (Å²) in [7, 11) is 2.65. The first-order valence-corrected chi connectivity index (χ1v) is 3.50. The Morgan fingerprint density at radius 3 is 2.33 bits per heavy atom. The zero-order valence-electron chi connectivity index (χ0n) is 5.28. The molecule has 1 heterocycles. The maximum absolute atomic E-state index is 4.05. The van der Waals surface area contributed by atoms with E-state index in [0.717, 1.165) is 5.82 Å². The SMILES string of the molecule is CC(P)c1ncccn1. The van der Waals surface area contributed by atoms with E-state index < -0.39 is 0 Å². The van der Waals surface area contributed by atoms with Crippen LogP contribution in [-0.2, 0) is 0 Å². The molecule has 1 rings (SSSR count). The topological polar surface area (TPSA) is 25.8 Å². The molecule has 9 heavy (non-hydrogen) atoms. The van der Waals surface area contributed by atoms with E-state index in [9.17, 15) is 0 Å². The molecule has 0 aliphatic rings. The van der Waals surface area contributed by atoms with Gasteiger partial charge in [0.2, 0.25) is 0 Å². The summed E-state index contributed by atoms with van der Waals surface area (Å²) in [6, 6.07) is 1.82. The van der Waals surface area contributed by atoms with Gasteiger partial charge in [0, 0.05) is 18.1 Å². The molecule has 0 amide bonds. The first kappa shape index (κ1) is 6.63. The van der Waals surface area contributed by atoms with E-state index in [1.54, 1.807) is 12.4 Å². The minimum Gasteiger partial charge on any atom is -0.241 e. The second kappa shape index (κ2) is 2.88. The number of nitrogens with zero attached hydrogens (tertiary/aromatic N) is 2. The molecule has 0 radical (unpaired) electrons. The highest BCUT2D eigenvalue weighted by atomic mass is 31.0. The molecule has 2 unspecified atom stereocenters. The van der Waals surface area contributed by atoms with Crippen LogP contribution in [0.3, 0.4) is 0 Å². The van der Waals surface area contributed by atoms with Gasteiger partial charge in [-0.3, -0.25) is 0 Å². The van der Waals surface area contributed by atoms with E-state index in [1.807, 2.05) is 13.0 Å². The number of aromatic nitrogens is 2. The fraction of sp³-hybridized carbons (Fsp3) is 0.333. The maximum atomic E-state index is 4.05. The molecule has 0 N–H and O–H groups in total. The molecule has 0 aromatic carbocycles. The molecule has 48 valence electrons. The molecule has 0 fully saturated rings. The third-order valence-corrected chi connectivity index (χ3v) is 1.29. The molecule has 1 aromatic rings. The van der Waals surface area contributed by atoms with E-state index in [2.05, 4.69) is 19.2 Å². The van der Waals surface area contributed by atoms with Crippen molar-refractivity contribution in [1.82, 2.24) is 9.97 Å². The van der Waals surface area contributed by atoms with Crippen LogP contribution >= 0.6 is 9.24 Å². The Morgan fingerprint density at radius 2 is 2.00 bits per heavy atom. The van der Waals surface area contributed by atoms with Crippen LogP contribution in [0.2, 0.25) is 0 Å². The molecule has 0 aliphatic heterocycles. The number of rotatable bonds is 1. The van der Waals surface area contributed by atoms with Gasteiger partial charge >= 0.3 is 0 Å². The second-order valence-corrected chi connectivity index (χ2v) is 2.90. The Balaban J connectivity index is 2.85. The first-order valence-electron chi connectivity index (χ1n) is 2.83. The number of hydrogen-bond donors (Lipinski definition) is 0. The van der Waals surface area contributed by atoms with Crippen molar-refractivity contribution in [2.75, 3.05) is 0 Å². The van der Waals surface area contributed by atoms with Crippen LogP contribution < -0.4 is 0 Å². The standard InChI is InChI=1S/C6H9N2P/c1-5(9)6-7-3-2-4-8-6/h2-5H,9H2,1H3. The normalized spacial score (nSPS) is 13.1. The Bertz CT molecular complexity index is 174. The zero-order valence-corrected chi connectivity index (χ0v) is 6.44. The number of hydrogen-bond acceptors (Lipinski definition) is 2. The second-order valence-electron chi connectivity index (χ2n) is 1.90. The van der Waals surface area contributed by atoms with Gasteiger partial charge in [0.25, 0.3) is 0 Å². The van der Waals surface area contributed by atoms with E-state index in [4.69, 9.17) is 0 Å². The van der Waals surface area contributed by atoms with E-state index in [-0.39, 0.29) is 0 Å². The van der Waals surface area contributed by atoms with Crippen molar-refractivity contribution in [3.8, 4) is 0 Å². The van der Waals surface area contributed by atoms with Crippen LogP contribution in [-0.4, -0.2) is 9.97 Å². The van der Waals surface area contributed by atoms with Crippen LogP contribution in [0.25, 0.3) is 0 Å². The summed E-state index contributed by atoms with van der Waals surface area (Å²) in [5, 5.41) is 0. The molecule has 0 saturated carbocycles. The Morgan fingerprint density at radius 1 is 1.44 bits per heavy atom. The molecule has 0 bridgehead atoms. The van der Waals surface area contributed by atoms with Crippen LogP contribution in [0.15, 0.2) is 18.5 Å². The van der Waals surface area contributed by atoms with E-state index >= 15 is 0 Å². The summed E-state index contributed by atoms with van der Waals surface area (Å²) in [5.74, 6) is 0.877. The Labute approximate surface area is 56.9 Å². The van der Waals surface area contributed by atoms with E-state index in [0.29, 0.717) is 5.66 Å².